The van der Waals surface area contributed by atoms with Crippen molar-refractivity contribution in [3.63, 3.8) is 0 Å². The van der Waals surface area contributed by atoms with Crippen molar-refractivity contribution in [2.24, 2.45) is 0 Å². The molecule has 0 aromatic heterocycles. The van der Waals surface area contributed by atoms with E-state index in [4.69, 9.17) is 14.2 Å². The lowest BCUT2D eigenvalue weighted by Crippen LogP contribution is -2.09. The minimum absolute atomic E-state index is 0.213. The van der Waals surface area contributed by atoms with Crippen LogP contribution < -0.4 is 14.2 Å². The van der Waals surface area contributed by atoms with Gasteiger partial charge in [-0.25, -0.2) is 4.79 Å². The van der Waals surface area contributed by atoms with E-state index in [1.54, 1.807) is 66.7 Å². The molecular weight excluding hydrogens is 448 g/mol. The van der Waals surface area contributed by atoms with Gasteiger partial charge in [0.2, 0.25) is 0 Å². The fourth-order valence-corrected chi connectivity index (χ4v) is 3.15. The van der Waals surface area contributed by atoms with Crippen molar-refractivity contribution in [2.75, 3.05) is 14.2 Å². The average Bonchev–Trinajstić information content (AvgIpc) is 2.78. The second-order valence-electron chi connectivity index (χ2n) is 6.20. The standard InChI is InChI=1S/C24H19BrO5/c1-28-18-12-14-23(29-2)20(15-18)22(26)13-9-16-7-10-17(11-8-16)30-24(27)19-5-3-4-6-21(19)25/h3-15H,1-2H3/b13-9+. The van der Waals surface area contributed by atoms with E-state index >= 15 is 0 Å². The van der Waals surface area contributed by atoms with E-state index in [0.717, 1.165) is 5.56 Å². The summed E-state index contributed by atoms with van der Waals surface area (Å²) in [6.45, 7) is 0. The van der Waals surface area contributed by atoms with Gasteiger partial charge in [0.25, 0.3) is 0 Å². The van der Waals surface area contributed by atoms with Gasteiger partial charge in [0.1, 0.15) is 17.2 Å². The number of hydrogen-bond donors (Lipinski definition) is 0. The smallest absolute Gasteiger partial charge is 0.344 e. The number of esters is 1. The summed E-state index contributed by atoms with van der Waals surface area (Å²) in [4.78, 5) is 24.8. The molecule has 0 saturated carbocycles. The van der Waals surface area contributed by atoms with Crippen LogP contribution in [-0.2, 0) is 0 Å². The number of halogens is 1. The SMILES string of the molecule is COc1ccc(OC)c(C(=O)/C=C/c2ccc(OC(=O)c3ccccc3Br)cc2)c1. The van der Waals surface area contributed by atoms with Gasteiger partial charge in [-0.1, -0.05) is 30.3 Å². The lowest BCUT2D eigenvalue weighted by molar-refractivity contribution is 0.0733. The molecule has 0 aliphatic heterocycles. The molecule has 3 aromatic rings. The first kappa shape index (κ1) is 21.3. The molecule has 5 nitrogen and oxygen atoms in total. The van der Waals surface area contributed by atoms with Gasteiger partial charge in [0.05, 0.1) is 25.3 Å². The molecule has 6 heteroatoms. The Morgan fingerprint density at radius 1 is 0.833 bits per heavy atom. The number of rotatable bonds is 7. The zero-order chi connectivity index (χ0) is 21.5. The fourth-order valence-electron chi connectivity index (χ4n) is 2.70. The molecule has 3 rings (SSSR count). The van der Waals surface area contributed by atoms with E-state index in [2.05, 4.69) is 15.9 Å². The Morgan fingerprint density at radius 3 is 2.20 bits per heavy atom. The number of hydrogen-bond acceptors (Lipinski definition) is 5. The number of carbonyl (C=O) groups is 2. The molecule has 0 unspecified atom stereocenters. The van der Waals surface area contributed by atoms with Crippen molar-refractivity contribution in [1.29, 1.82) is 0 Å². The van der Waals surface area contributed by atoms with Crippen molar-refractivity contribution >= 4 is 33.8 Å². The maximum Gasteiger partial charge on any atom is 0.344 e. The average molecular weight is 467 g/mol. The molecule has 152 valence electrons. The summed E-state index contributed by atoms with van der Waals surface area (Å²) in [5, 5.41) is 0. The zero-order valence-electron chi connectivity index (χ0n) is 16.4. The molecule has 0 atom stereocenters. The summed E-state index contributed by atoms with van der Waals surface area (Å²) in [7, 11) is 3.05. The van der Waals surface area contributed by atoms with Crippen LogP contribution in [0.15, 0.2) is 77.3 Å². The van der Waals surface area contributed by atoms with Gasteiger partial charge in [-0.3, -0.25) is 4.79 Å². The van der Waals surface area contributed by atoms with Crippen molar-refractivity contribution in [3.8, 4) is 17.2 Å². The minimum atomic E-state index is -0.453. The van der Waals surface area contributed by atoms with Crippen LogP contribution in [0, 0.1) is 0 Å². The molecule has 0 fully saturated rings. The normalized spacial score (nSPS) is 10.6. The maximum absolute atomic E-state index is 12.6. The Bertz CT molecular complexity index is 1090. The maximum atomic E-state index is 12.6. The molecule has 0 amide bonds. The summed E-state index contributed by atoms with van der Waals surface area (Å²) < 4.78 is 16.5. The van der Waals surface area contributed by atoms with Gasteiger partial charge in [-0.2, -0.15) is 0 Å². The van der Waals surface area contributed by atoms with Crippen LogP contribution in [0.4, 0.5) is 0 Å². The van der Waals surface area contributed by atoms with Crippen LogP contribution in [0.25, 0.3) is 6.08 Å². The Balaban J connectivity index is 1.70. The molecule has 0 heterocycles. The second-order valence-corrected chi connectivity index (χ2v) is 7.06. The number of carbonyl (C=O) groups excluding carboxylic acids is 2. The third kappa shape index (κ3) is 5.15. The van der Waals surface area contributed by atoms with Crippen molar-refractivity contribution in [1.82, 2.24) is 0 Å². The number of ether oxygens (including phenoxy) is 3. The zero-order valence-corrected chi connectivity index (χ0v) is 18.0. The molecule has 0 bridgehead atoms. The van der Waals surface area contributed by atoms with E-state index in [0.29, 0.717) is 32.8 Å². The number of benzene rings is 3. The Kier molecular flexibility index (Phi) is 7.03. The highest BCUT2D eigenvalue weighted by molar-refractivity contribution is 9.10. The van der Waals surface area contributed by atoms with E-state index in [9.17, 15) is 9.59 Å². The Labute approximate surface area is 183 Å². The monoisotopic (exact) mass is 466 g/mol. The first-order valence-corrected chi connectivity index (χ1v) is 9.82. The first-order chi connectivity index (χ1) is 14.5. The van der Waals surface area contributed by atoms with E-state index < -0.39 is 5.97 Å². The largest absolute Gasteiger partial charge is 0.497 e. The summed E-state index contributed by atoms with van der Waals surface area (Å²) in [6, 6.07) is 19.0. The van der Waals surface area contributed by atoms with Crippen molar-refractivity contribution in [3.05, 3.63) is 94.0 Å². The predicted molar refractivity (Wildman–Crippen MR) is 118 cm³/mol. The Morgan fingerprint density at radius 2 is 1.53 bits per heavy atom. The van der Waals surface area contributed by atoms with Gasteiger partial charge < -0.3 is 14.2 Å². The molecular formula is C24H19BrO5. The summed E-state index contributed by atoms with van der Waals surface area (Å²) in [5.41, 5.74) is 1.64. The van der Waals surface area contributed by atoms with E-state index in [1.165, 1.54) is 20.3 Å². The molecule has 3 aromatic carbocycles. The number of allylic oxidation sites excluding steroid dienone is 1. The molecule has 0 N–H and O–H groups in total. The molecule has 0 saturated heterocycles. The van der Waals surface area contributed by atoms with Gasteiger partial charge >= 0.3 is 5.97 Å². The highest BCUT2D eigenvalue weighted by Gasteiger charge is 2.12. The lowest BCUT2D eigenvalue weighted by atomic mass is 10.1. The first-order valence-electron chi connectivity index (χ1n) is 9.03. The van der Waals surface area contributed by atoms with Crippen molar-refractivity contribution < 1.29 is 23.8 Å². The van der Waals surface area contributed by atoms with Crippen LogP contribution in [0.2, 0.25) is 0 Å². The van der Waals surface area contributed by atoms with Gasteiger partial charge in [-0.05, 0) is 70.0 Å². The third-order valence-corrected chi connectivity index (χ3v) is 4.98. The lowest BCUT2D eigenvalue weighted by Gasteiger charge is -2.08. The molecule has 0 radical (unpaired) electrons. The molecule has 0 aliphatic carbocycles. The second kappa shape index (κ2) is 9.89. The van der Waals surface area contributed by atoms with Gasteiger partial charge in [0.15, 0.2) is 5.78 Å². The van der Waals surface area contributed by atoms with Crippen molar-refractivity contribution in [2.45, 2.75) is 0 Å². The molecule has 0 spiro atoms. The highest BCUT2D eigenvalue weighted by atomic mass is 79.9. The van der Waals surface area contributed by atoms with E-state index in [-0.39, 0.29) is 5.78 Å². The quantitative estimate of drug-likeness (QED) is 0.197. The van der Waals surface area contributed by atoms with Crippen LogP contribution in [0.3, 0.4) is 0 Å². The summed E-state index contributed by atoms with van der Waals surface area (Å²) in [5.74, 6) is 0.790. The molecule has 30 heavy (non-hydrogen) atoms. The van der Waals surface area contributed by atoms with Crippen LogP contribution in [0.5, 0.6) is 17.2 Å². The number of methoxy groups -OCH3 is 2. The predicted octanol–water partition coefficient (Wildman–Crippen LogP) is 5.58. The topological polar surface area (TPSA) is 61.8 Å². The van der Waals surface area contributed by atoms with E-state index in [1.807, 2.05) is 6.07 Å². The van der Waals surface area contributed by atoms with Crippen LogP contribution in [-0.4, -0.2) is 26.0 Å². The highest BCUT2D eigenvalue weighted by Crippen LogP contribution is 2.25. The fraction of sp³-hybridized carbons (Fsp3) is 0.0833. The minimum Gasteiger partial charge on any atom is -0.497 e. The van der Waals surface area contributed by atoms with Gasteiger partial charge in [-0.15, -0.1) is 0 Å². The summed E-state index contributed by atoms with van der Waals surface area (Å²) in [6.07, 6.45) is 3.14. The van der Waals surface area contributed by atoms with Crippen LogP contribution in [0.1, 0.15) is 26.3 Å². The summed E-state index contributed by atoms with van der Waals surface area (Å²) >= 11 is 3.34. The van der Waals surface area contributed by atoms with Gasteiger partial charge in [0, 0.05) is 4.47 Å². The Hall–Kier alpha value is -3.38. The third-order valence-electron chi connectivity index (χ3n) is 4.28. The van der Waals surface area contributed by atoms with Crippen LogP contribution >= 0.6 is 15.9 Å². The molecule has 0 aliphatic rings. The number of ketones is 1.